The highest BCUT2D eigenvalue weighted by molar-refractivity contribution is 7.89. The molecule has 0 unspecified atom stereocenters. The van der Waals surface area contributed by atoms with Crippen LogP contribution in [0, 0.1) is 0 Å². The fourth-order valence-electron chi connectivity index (χ4n) is 2.69. The maximum absolute atomic E-state index is 12.4. The molecule has 0 saturated carbocycles. The monoisotopic (exact) mass is 332 g/mol. The number of furan rings is 1. The van der Waals surface area contributed by atoms with Gasteiger partial charge < -0.3 is 4.42 Å². The Morgan fingerprint density at radius 1 is 1.10 bits per heavy atom. The lowest BCUT2D eigenvalue weighted by molar-refractivity contribution is 0.254. The molecule has 1 aromatic rings. The fourth-order valence-corrected chi connectivity index (χ4v) is 5.27. The topological polar surface area (TPSA) is 70.8 Å². The SMILES string of the molecule is O=S1CCN(Cc2ccc(S(=O)(=O)N3CCCC3)o2)CC1. The summed E-state index contributed by atoms with van der Waals surface area (Å²) in [6, 6.07) is 3.28. The highest BCUT2D eigenvalue weighted by Crippen LogP contribution is 2.23. The molecule has 118 valence electrons. The van der Waals surface area contributed by atoms with E-state index < -0.39 is 20.8 Å². The van der Waals surface area contributed by atoms with Crippen LogP contribution in [0.4, 0.5) is 0 Å². The Balaban J connectivity index is 1.67. The summed E-state index contributed by atoms with van der Waals surface area (Å²) < 4.78 is 43.1. The van der Waals surface area contributed by atoms with E-state index in [2.05, 4.69) is 4.90 Å². The number of rotatable bonds is 4. The predicted molar refractivity (Wildman–Crippen MR) is 79.9 cm³/mol. The number of sulfonamides is 1. The van der Waals surface area contributed by atoms with Crippen molar-refractivity contribution in [2.45, 2.75) is 24.5 Å². The van der Waals surface area contributed by atoms with E-state index in [1.807, 2.05) is 0 Å². The maximum Gasteiger partial charge on any atom is 0.276 e. The summed E-state index contributed by atoms with van der Waals surface area (Å²) in [4.78, 5) is 2.15. The molecule has 2 saturated heterocycles. The predicted octanol–water partition coefficient (Wildman–Crippen LogP) is 0.628. The van der Waals surface area contributed by atoms with Gasteiger partial charge in [-0.2, -0.15) is 4.31 Å². The molecule has 0 amide bonds. The molecule has 2 aliphatic rings. The fraction of sp³-hybridized carbons (Fsp3) is 0.692. The van der Waals surface area contributed by atoms with Crippen molar-refractivity contribution in [2.24, 2.45) is 0 Å². The van der Waals surface area contributed by atoms with Crippen LogP contribution >= 0.6 is 0 Å². The Morgan fingerprint density at radius 2 is 1.76 bits per heavy atom. The molecule has 0 radical (unpaired) electrons. The smallest absolute Gasteiger partial charge is 0.276 e. The average Bonchev–Trinajstić information content (AvgIpc) is 3.12. The lowest BCUT2D eigenvalue weighted by Gasteiger charge is -2.24. The van der Waals surface area contributed by atoms with Gasteiger partial charge in [0.25, 0.3) is 10.0 Å². The maximum atomic E-state index is 12.4. The van der Waals surface area contributed by atoms with Gasteiger partial charge in [0.1, 0.15) is 5.76 Å². The Morgan fingerprint density at radius 3 is 2.43 bits per heavy atom. The standard InChI is InChI=1S/C13H20N2O4S2/c16-20-9-7-14(8-10-20)11-12-3-4-13(19-12)21(17,18)15-5-1-2-6-15/h3-4H,1-2,5-11H2. The third-order valence-corrected chi connectivity index (χ3v) is 6.99. The zero-order valence-electron chi connectivity index (χ0n) is 11.9. The molecule has 21 heavy (non-hydrogen) atoms. The average molecular weight is 332 g/mol. The highest BCUT2D eigenvalue weighted by atomic mass is 32.2. The first-order valence-corrected chi connectivity index (χ1v) is 10.1. The van der Waals surface area contributed by atoms with E-state index in [9.17, 15) is 12.6 Å². The first kappa shape index (κ1) is 15.2. The van der Waals surface area contributed by atoms with E-state index in [0.717, 1.165) is 25.9 Å². The molecular weight excluding hydrogens is 312 g/mol. The van der Waals surface area contributed by atoms with Crippen molar-refractivity contribution in [2.75, 3.05) is 37.7 Å². The van der Waals surface area contributed by atoms with Crippen LogP contribution in [0.5, 0.6) is 0 Å². The summed E-state index contributed by atoms with van der Waals surface area (Å²) in [5, 5.41) is 0.0417. The summed E-state index contributed by atoms with van der Waals surface area (Å²) in [6.07, 6.45) is 1.83. The highest BCUT2D eigenvalue weighted by Gasteiger charge is 2.30. The van der Waals surface area contributed by atoms with E-state index in [0.29, 0.717) is 36.9 Å². The van der Waals surface area contributed by atoms with Gasteiger partial charge in [-0.05, 0) is 25.0 Å². The van der Waals surface area contributed by atoms with Gasteiger partial charge in [-0.25, -0.2) is 8.42 Å². The Kier molecular flexibility index (Phi) is 4.49. The van der Waals surface area contributed by atoms with Gasteiger partial charge in [-0.1, -0.05) is 0 Å². The molecule has 2 aliphatic heterocycles. The minimum absolute atomic E-state index is 0.0417. The molecule has 0 bridgehead atoms. The number of hydrogen-bond donors (Lipinski definition) is 0. The second-order valence-corrected chi connectivity index (χ2v) is 9.02. The minimum Gasteiger partial charge on any atom is -0.447 e. The van der Waals surface area contributed by atoms with Crippen LogP contribution < -0.4 is 0 Å². The number of nitrogens with zero attached hydrogens (tertiary/aromatic N) is 2. The van der Waals surface area contributed by atoms with Crippen LogP contribution in [0.15, 0.2) is 21.6 Å². The van der Waals surface area contributed by atoms with Crippen molar-refractivity contribution in [3.63, 3.8) is 0 Å². The number of hydrogen-bond acceptors (Lipinski definition) is 5. The molecule has 3 rings (SSSR count). The van der Waals surface area contributed by atoms with Gasteiger partial charge in [-0.15, -0.1) is 0 Å². The molecule has 0 spiro atoms. The lowest BCUT2D eigenvalue weighted by Crippen LogP contribution is -2.37. The first-order chi connectivity index (χ1) is 10.1. The zero-order valence-corrected chi connectivity index (χ0v) is 13.5. The third-order valence-electron chi connectivity index (χ3n) is 3.95. The molecule has 0 aromatic carbocycles. The largest absolute Gasteiger partial charge is 0.447 e. The van der Waals surface area contributed by atoms with E-state index >= 15 is 0 Å². The normalized spacial score (nSPS) is 22.9. The summed E-state index contributed by atoms with van der Waals surface area (Å²) >= 11 is 0. The second-order valence-electron chi connectivity index (χ2n) is 5.46. The van der Waals surface area contributed by atoms with E-state index in [1.54, 1.807) is 12.1 Å². The molecule has 0 aliphatic carbocycles. The van der Waals surface area contributed by atoms with Crippen molar-refractivity contribution < 1.29 is 17.0 Å². The van der Waals surface area contributed by atoms with Gasteiger partial charge in [0.05, 0.1) is 6.54 Å². The van der Waals surface area contributed by atoms with Gasteiger partial charge in [0.15, 0.2) is 0 Å². The molecular formula is C13H20N2O4S2. The Bertz CT molecular complexity index is 610. The van der Waals surface area contributed by atoms with Crippen LogP contribution in [-0.2, 0) is 27.4 Å². The quantitative estimate of drug-likeness (QED) is 0.809. The van der Waals surface area contributed by atoms with E-state index in [4.69, 9.17) is 4.42 Å². The van der Waals surface area contributed by atoms with Crippen LogP contribution in [0.25, 0.3) is 0 Å². The molecule has 0 N–H and O–H groups in total. The molecule has 6 nitrogen and oxygen atoms in total. The van der Waals surface area contributed by atoms with Crippen molar-refractivity contribution in [3.05, 3.63) is 17.9 Å². The van der Waals surface area contributed by atoms with Gasteiger partial charge in [-0.3, -0.25) is 9.11 Å². The van der Waals surface area contributed by atoms with Crippen molar-refractivity contribution in [1.82, 2.24) is 9.21 Å². The lowest BCUT2D eigenvalue weighted by atomic mass is 10.4. The van der Waals surface area contributed by atoms with Crippen LogP contribution in [0.2, 0.25) is 0 Å². The zero-order chi connectivity index (χ0) is 14.9. The van der Waals surface area contributed by atoms with Gasteiger partial charge >= 0.3 is 0 Å². The Hall–Kier alpha value is -0.700. The van der Waals surface area contributed by atoms with Crippen LogP contribution in [-0.4, -0.2) is 59.5 Å². The van der Waals surface area contributed by atoms with Crippen LogP contribution in [0.1, 0.15) is 18.6 Å². The second kappa shape index (κ2) is 6.20. The Labute approximate surface area is 127 Å². The van der Waals surface area contributed by atoms with Crippen LogP contribution in [0.3, 0.4) is 0 Å². The minimum atomic E-state index is -3.47. The summed E-state index contributed by atoms with van der Waals surface area (Å²) in [6.45, 7) is 3.27. The van der Waals surface area contributed by atoms with E-state index in [-0.39, 0.29) is 5.09 Å². The van der Waals surface area contributed by atoms with Crippen molar-refractivity contribution >= 4 is 20.8 Å². The summed E-state index contributed by atoms with van der Waals surface area (Å²) in [5.74, 6) is 2.01. The molecule has 3 heterocycles. The van der Waals surface area contributed by atoms with Gasteiger partial charge in [0, 0.05) is 48.5 Å². The van der Waals surface area contributed by atoms with Crippen molar-refractivity contribution in [3.8, 4) is 0 Å². The van der Waals surface area contributed by atoms with Gasteiger partial charge in [0.2, 0.25) is 5.09 Å². The summed E-state index contributed by atoms with van der Waals surface area (Å²) in [5.41, 5.74) is 0. The van der Waals surface area contributed by atoms with E-state index in [1.165, 1.54) is 4.31 Å². The third kappa shape index (κ3) is 3.39. The molecule has 2 fully saturated rings. The first-order valence-electron chi connectivity index (χ1n) is 7.22. The molecule has 8 heteroatoms. The summed E-state index contributed by atoms with van der Waals surface area (Å²) in [7, 11) is -4.17. The molecule has 0 atom stereocenters. The van der Waals surface area contributed by atoms with Crippen molar-refractivity contribution in [1.29, 1.82) is 0 Å². The molecule has 1 aromatic heterocycles.